The van der Waals surface area contributed by atoms with Gasteiger partial charge in [0.1, 0.15) is 11.5 Å². The highest BCUT2D eigenvalue weighted by atomic mass is 16.5. The van der Waals surface area contributed by atoms with Crippen molar-refractivity contribution < 1.29 is 14.7 Å². The molecule has 3 aromatic rings. The van der Waals surface area contributed by atoms with Gasteiger partial charge in [-0.05, 0) is 48.5 Å². The van der Waals surface area contributed by atoms with Crippen molar-refractivity contribution in [2.75, 3.05) is 19.3 Å². The Kier molecular flexibility index (Phi) is 5.54. The van der Waals surface area contributed by atoms with Crippen molar-refractivity contribution in [1.29, 1.82) is 0 Å². The number of benzene rings is 3. The minimum absolute atomic E-state index is 0.231. The summed E-state index contributed by atoms with van der Waals surface area (Å²) in [5, 5.41) is 11.8. The predicted molar refractivity (Wildman–Crippen MR) is 118 cm³/mol. The van der Waals surface area contributed by atoms with Gasteiger partial charge in [-0.15, -0.1) is 0 Å². The van der Waals surface area contributed by atoms with E-state index in [2.05, 4.69) is 15.0 Å². The first-order chi connectivity index (χ1) is 14.7. The van der Waals surface area contributed by atoms with Crippen LogP contribution in [0, 0.1) is 0 Å². The van der Waals surface area contributed by atoms with Crippen molar-refractivity contribution in [3.63, 3.8) is 0 Å². The minimum Gasteiger partial charge on any atom is -0.497 e. The van der Waals surface area contributed by atoms with Crippen molar-refractivity contribution in [3.8, 4) is 11.5 Å². The number of hydrogen-bond acceptors (Lipinski definition) is 6. The molecular formula is C23H20N4O3. The minimum atomic E-state index is 0.231. The molecule has 1 heterocycles. The molecule has 1 aliphatic heterocycles. The molecule has 0 atom stereocenters. The van der Waals surface area contributed by atoms with Crippen molar-refractivity contribution >= 4 is 28.9 Å². The molecule has 4 rings (SSSR count). The van der Waals surface area contributed by atoms with Crippen molar-refractivity contribution in [1.82, 2.24) is 0 Å². The lowest BCUT2D eigenvalue weighted by atomic mass is 10.2. The SMILES string of the molecule is COc1ccc(N=C2N=C(c3ccccc3)N=C2N(O)c2ccc(OC)cc2)cc1. The van der Waals surface area contributed by atoms with Gasteiger partial charge in [-0.25, -0.2) is 20.0 Å². The Labute approximate surface area is 174 Å². The summed E-state index contributed by atoms with van der Waals surface area (Å²) in [4.78, 5) is 13.7. The number of rotatable bonds is 5. The maximum absolute atomic E-state index is 10.9. The maximum atomic E-state index is 10.9. The third-order valence-corrected chi connectivity index (χ3v) is 4.48. The van der Waals surface area contributed by atoms with Crippen molar-refractivity contribution in [3.05, 3.63) is 84.4 Å². The van der Waals surface area contributed by atoms with Gasteiger partial charge < -0.3 is 9.47 Å². The van der Waals surface area contributed by atoms with E-state index < -0.39 is 0 Å². The zero-order chi connectivity index (χ0) is 20.9. The molecule has 0 unspecified atom stereocenters. The van der Waals surface area contributed by atoms with Crippen LogP contribution >= 0.6 is 0 Å². The fraction of sp³-hybridized carbons (Fsp3) is 0.0870. The van der Waals surface area contributed by atoms with E-state index in [9.17, 15) is 5.21 Å². The van der Waals surface area contributed by atoms with Crippen LogP contribution in [0.3, 0.4) is 0 Å². The number of aliphatic imine (C=N–C) groups is 3. The van der Waals surface area contributed by atoms with Crippen LogP contribution in [-0.2, 0) is 0 Å². The Morgan fingerprint density at radius 3 is 1.97 bits per heavy atom. The lowest BCUT2D eigenvalue weighted by Crippen LogP contribution is -2.31. The normalized spacial score (nSPS) is 14.3. The van der Waals surface area contributed by atoms with Crippen LogP contribution in [0.5, 0.6) is 11.5 Å². The summed E-state index contributed by atoms with van der Waals surface area (Å²) in [6.07, 6.45) is 0. The molecule has 7 heteroatoms. The summed E-state index contributed by atoms with van der Waals surface area (Å²) in [7, 11) is 3.20. The molecule has 0 fully saturated rings. The topological polar surface area (TPSA) is 79.0 Å². The maximum Gasteiger partial charge on any atom is 0.205 e. The second kappa shape index (κ2) is 8.59. The van der Waals surface area contributed by atoms with Gasteiger partial charge in [-0.1, -0.05) is 30.3 Å². The van der Waals surface area contributed by atoms with Crippen LogP contribution in [0.2, 0.25) is 0 Å². The van der Waals surface area contributed by atoms with Crippen LogP contribution in [0.25, 0.3) is 0 Å². The summed E-state index contributed by atoms with van der Waals surface area (Å²) >= 11 is 0. The molecule has 3 aromatic carbocycles. The first-order valence-electron chi connectivity index (χ1n) is 9.27. The van der Waals surface area contributed by atoms with Crippen LogP contribution < -0.4 is 14.5 Å². The monoisotopic (exact) mass is 400 g/mol. The highest BCUT2D eigenvalue weighted by Gasteiger charge is 2.25. The largest absolute Gasteiger partial charge is 0.497 e. The Hall–Kier alpha value is -3.97. The van der Waals surface area contributed by atoms with Gasteiger partial charge in [-0.2, -0.15) is 0 Å². The quantitative estimate of drug-likeness (QED) is 0.640. The molecule has 1 aliphatic rings. The smallest absolute Gasteiger partial charge is 0.205 e. The molecule has 0 saturated heterocycles. The Morgan fingerprint density at radius 2 is 1.37 bits per heavy atom. The Bertz CT molecular complexity index is 1110. The highest BCUT2D eigenvalue weighted by Crippen LogP contribution is 2.23. The van der Waals surface area contributed by atoms with Gasteiger partial charge in [0.2, 0.25) is 11.7 Å². The van der Waals surface area contributed by atoms with E-state index in [0.29, 0.717) is 28.8 Å². The van der Waals surface area contributed by atoms with Crippen LogP contribution in [-0.4, -0.2) is 36.9 Å². The van der Waals surface area contributed by atoms with Crippen LogP contribution in [0.4, 0.5) is 11.4 Å². The fourth-order valence-electron chi connectivity index (χ4n) is 2.88. The number of amidine groups is 3. The number of hydroxylamine groups is 1. The van der Waals surface area contributed by atoms with Gasteiger partial charge in [0.25, 0.3) is 0 Å². The van der Waals surface area contributed by atoms with Gasteiger partial charge >= 0.3 is 0 Å². The summed E-state index contributed by atoms with van der Waals surface area (Å²) < 4.78 is 10.4. The third-order valence-electron chi connectivity index (χ3n) is 4.48. The molecule has 0 spiro atoms. The summed E-state index contributed by atoms with van der Waals surface area (Å²) in [6.45, 7) is 0. The first kappa shape index (κ1) is 19.4. The zero-order valence-corrected chi connectivity index (χ0v) is 16.6. The summed E-state index contributed by atoms with van der Waals surface area (Å²) in [5.41, 5.74) is 2.01. The fourth-order valence-corrected chi connectivity index (χ4v) is 2.88. The zero-order valence-electron chi connectivity index (χ0n) is 16.6. The molecule has 30 heavy (non-hydrogen) atoms. The molecule has 0 bridgehead atoms. The summed E-state index contributed by atoms with van der Waals surface area (Å²) in [6, 6.07) is 23.8. The standard InChI is InChI=1S/C23H20N4O3/c1-29-19-12-8-17(9-13-19)24-22-23(26-21(25-22)16-6-4-3-5-7-16)27(28)18-10-14-20(30-2)15-11-18/h3-15,28H,1-2H3. The van der Waals surface area contributed by atoms with Gasteiger partial charge in [0.05, 0.1) is 25.6 Å². The summed E-state index contributed by atoms with van der Waals surface area (Å²) in [5.74, 6) is 2.43. The average molecular weight is 400 g/mol. The molecule has 150 valence electrons. The molecule has 0 saturated carbocycles. The van der Waals surface area contributed by atoms with Crippen molar-refractivity contribution in [2.24, 2.45) is 15.0 Å². The van der Waals surface area contributed by atoms with E-state index in [1.165, 1.54) is 0 Å². The van der Waals surface area contributed by atoms with Crippen LogP contribution in [0.1, 0.15) is 5.56 Å². The highest BCUT2D eigenvalue weighted by molar-refractivity contribution is 6.51. The van der Waals surface area contributed by atoms with E-state index in [-0.39, 0.29) is 5.84 Å². The van der Waals surface area contributed by atoms with Crippen LogP contribution in [0.15, 0.2) is 93.8 Å². The van der Waals surface area contributed by atoms with E-state index in [1.807, 2.05) is 54.6 Å². The third kappa shape index (κ3) is 4.06. The number of hydrogen-bond donors (Lipinski definition) is 1. The van der Waals surface area contributed by atoms with E-state index in [4.69, 9.17) is 9.47 Å². The number of methoxy groups -OCH3 is 2. The second-order valence-corrected chi connectivity index (χ2v) is 6.38. The molecule has 0 amide bonds. The second-order valence-electron chi connectivity index (χ2n) is 6.38. The van der Waals surface area contributed by atoms with Gasteiger partial charge in [0.15, 0.2) is 5.84 Å². The van der Waals surface area contributed by atoms with E-state index in [1.54, 1.807) is 38.5 Å². The Balaban J connectivity index is 1.73. The number of nitrogens with zero attached hydrogens (tertiary/aromatic N) is 4. The molecule has 0 aromatic heterocycles. The molecule has 1 N–H and O–H groups in total. The van der Waals surface area contributed by atoms with Crippen molar-refractivity contribution in [2.45, 2.75) is 0 Å². The lowest BCUT2D eigenvalue weighted by molar-refractivity contribution is 0.314. The van der Waals surface area contributed by atoms with Gasteiger partial charge in [-0.3, -0.25) is 5.21 Å². The molecule has 0 aliphatic carbocycles. The van der Waals surface area contributed by atoms with E-state index >= 15 is 0 Å². The number of anilines is 1. The molecule has 0 radical (unpaired) electrons. The first-order valence-corrected chi connectivity index (χ1v) is 9.27. The number of ether oxygens (including phenoxy) is 2. The van der Waals surface area contributed by atoms with E-state index in [0.717, 1.165) is 16.4 Å². The molecule has 7 nitrogen and oxygen atoms in total. The average Bonchev–Trinajstić information content (AvgIpc) is 3.23. The lowest BCUT2D eigenvalue weighted by Gasteiger charge is -2.16. The molecular weight excluding hydrogens is 380 g/mol. The predicted octanol–water partition coefficient (Wildman–Crippen LogP) is 4.49. The van der Waals surface area contributed by atoms with Gasteiger partial charge in [0, 0.05) is 5.56 Å². The Morgan fingerprint density at radius 1 is 0.767 bits per heavy atom.